The lowest BCUT2D eigenvalue weighted by molar-refractivity contribution is 0.275. The molecule has 0 saturated carbocycles. The van der Waals surface area contributed by atoms with Gasteiger partial charge in [0.15, 0.2) is 0 Å². The highest BCUT2D eigenvalue weighted by Gasteiger charge is 2.14. The first-order valence-electron chi connectivity index (χ1n) is 6.35. The molecule has 0 heterocycles. The quantitative estimate of drug-likeness (QED) is 0.801. The lowest BCUT2D eigenvalue weighted by atomic mass is 9.97. The maximum atomic E-state index is 9.08. The van der Waals surface area contributed by atoms with Crippen molar-refractivity contribution in [2.45, 2.75) is 20.3 Å². The molecule has 0 fully saturated rings. The number of hydrogen-bond donors (Lipinski definition) is 0. The topological polar surface area (TPSA) is 27.0 Å². The van der Waals surface area contributed by atoms with Crippen LogP contribution < -0.4 is 0 Å². The van der Waals surface area contributed by atoms with Gasteiger partial charge in [-0.15, -0.1) is 0 Å². The molecule has 0 saturated heterocycles. The van der Waals surface area contributed by atoms with Gasteiger partial charge in [0.05, 0.1) is 12.0 Å². The molecule has 0 bridgehead atoms. The van der Waals surface area contributed by atoms with Gasteiger partial charge >= 0.3 is 0 Å². The van der Waals surface area contributed by atoms with Crippen LogP contribution in [0.3, 0.4) is 0 Å². The molecule has 0 radical (unpaired) electrons. The minimum absolute atomic E-state index is 0.123. The normalized spacial score (nSPS) is 12.7. The average Bonchev–Trinajstić information content (AvgIpc) is 2.33. The summed E-state index contributed by atoms with van der Waals surface area (Å²) in [5.74, 6) is 0.542. The van der Waals surface area contributed by atoms with Crippen LogP contribution in [0.25, 0.3) is 0 Å². The maximum Gasteiger partial charge on any atom is 0.0671 e. The SMILES string of the molecule is CC(C)C(C#N)CN(C)CCc1cccc(Br)c1. The number of benzene rings is 1. The molecule has 0 aromatic heterocycles. The molecular weight excluding hydrogens is 288 g/mol. The van der Waals surface area contributed by atoms with E-state index in [9.17, 15) is 0 Å². The number of hydrogen-bond acceptors (Lipinski definition) is 2. The molecule has 1 unspecified atom stereocenters. The van der Waals surface area contributed by atoms with E-state index in [-0.39, 0.29) is 5.92 Å². The maximum absolute atomic E-state index is 9.08. The van der Waals surface area contributed by atoms with Crippen molar-refractivity contribution in [3.05, 3.63) is 34.3 Å². The zero-order valence-electron chi connectivity index (χ0n) is 11.4. The second kappa shape index (κ2) is 7.56. The van der Waals surface area contributed by atoms with Gasteiger partial charge in [0.25, 0.3) is 0 Å². The molecule has 1 aromatic carbocycles. The van der Waals surface area contributed by atoms with E-state index >= 15 is 0 Å². The van der Waals surface area contributed by atoms with Crippen molar-refractivity contribution < 1.29 is 0 Å². The van der Waals surface area contributed by atoms with Crippen LogP contribution in [0, 0.1) is 23.2 Å². The van der Waals surface area contributed by atoms with Crippen LogP contribution in [-0.4, -0.2) is 25.0 Å². The van der Waals surface area contributed by atoms with Crippen molar-refractivity contribution in [1.82, 2.24) is 4.90 Å². The van der Waals surface area contributed by atoms with Crippen LogP contribution >= 0.6 is 15.9 Å². The van der Waals surface area contributed by atoms with E-state index in [1.807, 2.05) is 6.07 Å². The highest BCUT2D eigenvalue weighted by Crippen LogP contribution is 2.14. The second-order valence-electron chi connectivity index (χ2n) is 5.12. The van der Waals surface area contributed by atoms with Gasteiger partial charge in [-0.25, -0.2) is 0 Å². The average molecular weight is 309 g/mol. The number of nitriles is 1. The first kappa shape index (κ1) is 15.2. The third-order valence-corrected chi connectivity index (χ3v) is 3.64. The molecule has 1 atom stereocenters. The highest BCUT2D eigenvalue weighted by molar-refractivity contribution is 9.10. The molecule has 3 heteroatoms. The zero-order valence-corrected chi connectivity index (χ0v) is 12.9. The van der Waals surface area contributed by atoms with Gasteiger partial charge in [-0.1, -0.05) is 41.9 Å². The molecule has 0 aliphatic rings. The Kier molecular flexibility index (Phi) is 6.38. The molecular formula is C15H21BrN2. The van der Waals surface area contributed by atoms with E-state index in [1.165, 1.54) is 5.56 Å². The Hall–Kier alpha value is -0.850. The molecule has 0 spiro atoms. The molecule has 0 aliphatic heterocycles. The number of halogens is 1. The predicted molar refractivity (Wildman–Crippen MR) is 79.3 cm³/mol. The van der Waals surface area contributed by atoms with E-state index in [4.69, 9.17) is 5.26 Å². The Bertz CT molecular complexity index is 409. The molecule has 18 heavy (non-hydrogen) atoms. The lowest BCUT2D eigenvalue weighted by Gasteiger charge is -2.21. The molecule has 98 valence electrons. The molecule has 0 N–H and O–H groups in total. The summed E-state index contributed by atoms with van der Waals surface area (Å²) in [7, 11) is 2.09. The Morgan fingerprint density at radius 1 is 1.39 bits per heavy atom. The van der Waals surface area contributed by atoms with Gasteiger partial charge < -0.3 is 4.90 Å². The summed E-state index contributed by atoms with van der Waals surface area (Å²) < 4.78 is 1.12. The van der Waals surface area contributed by atoms with Crippen molar-refractivity contribution in [3.8, 4) is 6.07 Å². The van der Waals surface area contributed by atoms with Crippen molar-refractivity contribution in [2.75, 3.05) is 20.1 Å². The minimum atomic E-state index is 0.123. The third-order valence-electron chi connectivity index (χ3n) is 3.15. The monoisotopic (exact) mass is 308 g/mol. The van der Waals surface area contributed by atoms with Crippen LogP contribution in [0.15, 0.2) is 28.7 Å². The van der Waals surface area contributed by atoms with Crippen LogP contribution in [0.5, 0.6) is 0 Å². The van der Waals surface area contributed by atoms with Gasteiger partial charge in [-0.2, -0.15) is 5.26 Å². The fourth-order valence-corrected chi connectivity index (χ4v) is 2.29. The molecule has 1 rings (SSSR count). The lowest BCUT2D eigenvalue weighted by Crippen LogP contribution is -2.29. The van der Waals surface area contributed by atoms with E-state index in [2.05, 4.69) is 66.0 Å². The number of likely N-dealkylation sites (N-methyl/N-ethyl adjacent to an activating group) is 1. The van der Waals surface area contributed by atoms with E-state index < -0.39 is 0 Å². The molecule has 0 amide bonds. The molecule has 2 nitrogen and oxygen atoms in total. The Morgan fingerprint density at radius 2 is 2.11 bits per heavy atom. The third kappa shape index (κ3) is 5.20. The smallest absolute Gasteiger partial charge is 0.0671 e. The van der Waals surface area contributed by atoms with Crippen molar-refractivity contribution in [2.24, 2.45) is 11.8 Å². The van der Waals surface area contributed by atoms with Crippen LogP contribution in [0.1, 0.15) is 19.4 Å². The summed E-state index contributed by atoms with van der Waals surface area (Å²) in [5.41, 5.74) is 1.33. The van der Waals surface area contributed by atoms with Crippen LogP contribution in [-0.2, 0) is 6.42 Å². The van der Waals surface area contributed by atoms with Gasteiger partial charge in [0.1, 0.15) is 0 Å². The van der Waals surface area contributed by atoms with E-state index in [1.54, 1.807) is 0 Å². The van der Waals surface area contributed by atoms with Crippen molar-refractivity contribution in [3.63, 3.8) is 0 Å². The van der Waals surface area contributed by atoms with E-state index in [0.717, 1.165) is 24.0 Å². The minimum Gasteiger partial charge on any atom is -0.305 e. The van der Waals surface area contributed by atoms with E-state index in [0.29, 0.717) is 5.92 Å². The molecule has 1 aromatic rings. The Balaban J connectivity index is 2.42. The van der Waals surface area contributed by atoms with Crippen molar-refractivity contribution >= 4 is 15.9 Å². The Morgan fingerprint density at radius 3 is 2.67 bits per heavy atom. The largest absolute Gasteiger partial charge is 0.305 e. The summed E-state index contributed by atoms with van der Waals surface area (Å²) >= 11 is 3.48. The van der Waals surface area contributed by atoms with Crippen LogP contribution in [0.4, 0.5) is 0 Å². The summed E-state index contributed by atoms with van der Waals surface area (Å²) in [6, 6.07) is 10.8. The Labute approximate surface area is 119 Å². The standard InChI is InChI=1S/C15H21BrN2/c1-12(2)14(10-17)11-18(3)8-7-13-5-4-6-15(16)9-13/h4-6,9,12,14H,7-8,11H2,1-3H3. The van der Waals surface area contributed by atoms with Crippen molar-refractivity contribution in [1.29, 1.82) is 5.26 Å². The summed E-state index contributed by atoms with van der Waals surface area (Å²) in [5, 5.41) is 9.08. The second-order valence-corrected chi connectivity index (χ2v) is 6.04. The van der Waals surface area contributed by atoms with Gasteiger partial charge in [0, 0.05) is 17.6 Å². The van der Waals surface area contributed by atoms with Gasteiger partial charge in [0.2, 0.25) is 0 Å². The predicted octanol–water partition coefficient (Wildman–Crippen LogP) is 3.72. The van der Waals surface area contributed by atoms with Gasteiger partial charge in [-0.05, 0) is 37.1 Å². The fraction of sp³-hybridized carbons (Fsp3) is 0.533. The zero-order chi connectivity index (χ0) is 13.5. The molecule has 0 aliphatic carbocycles. The summed E-state index contributed by atoms with van der Waals surface area (Å²) in [4.78, 5) is 2.24. The number of nitrogens with zero attached hydrogens (tertiary/aromatic N) is 2. The summed E-state index contributed by atoms with van der Waals surface area (Å²) in [6.07, 6.45) is 1.02. The van der Waals surface area contributed by atoms with Gasteiger partial charge in [-0.3, -0.25) is 0 Å². The summed E-state index contributed by atoms with van der Waals surface area (Å²) in [6.45, 7) is 6.05. The number of rotatable bonds is 6. The highest BCUT2D eigenvalue weighted by atomic mass is 79.9. The first-order valence-corrected chi connectivity index (χ1v) is 7.15. The fourth-order valence-electron chi connectivity index (χ4n) is 1.84. The van der Waals surface area contributed by atoms with Crippen LogP contribution in [0.2, 0.25) is 0 Å². The first-order chi connectivity index (χ1) is 8.52.